The van der Waals surface area contributed by atoms with Gasteiger partial charge in [0.25, 0.3) is 0 Å². The number of unbranched alkanes of at least 4 members (excludes halogenated alkanes) is 1. The van der Waals surface area contributed by atoms with Crippen molar-refractivity contribution in [1.29, 1.82) is 0 Å². The second-order valence-corrected chi connectivity index (χ2v) is 6.92. The Morgan fingerprint density at radius 2 is 1.83 bits per heavy atom. The molecule has 29 heavy (non-hydrogen) atoms. The van der Waals surface area contributed by atoms with Crippen molar-refractivity contribution < 1.29 is 14.3 Å². The third-order valence-corrected chi connectivity index (χ3v) is 4.70. The summed E-state index contributed by atoms with van der Waals surface area (Å²) in [6.07, 6.45) is 3.66. The summed E-state index contributed by atoms with van der Waals surface area (Å²) < 4.78 is 12.9. The molecule has 0 atom stereocenters. The van der Waals surface area contributed by atoms with Gasteiger partial charge in [0.2, 0.25) is 5.91 Å². The number of methoxy groups -OCH3 is 1. The number of hydrogen-bond donors (Lipinski definition) is 1. The lowest BCUT2D eigenvalue weighted by Crippen LogP contribution is -2.28. The van der Waals surface area contributed by atoms with Crippen molar-refractivity contribution in [2.75, 3.05) is 26.9 Å². The van der Waals surface area contributed by atoms with Gasteiger partial charge in [0.15, 0.2) is 0 Å². The average molecular weight is 396 g/mol. The summed E-state index contributed by atoms with van der Waals surface area (Å²) in [5.74, 6) is 1.90. The molecule has 3 rings (SSSR count). The Balaban J connectivity index is 1.51. The first-order chi connectivity index (χ1) is 14.3. The molecule has 0 spiro atoms. The van der Waals surface area contributed by atoms with Crippen LogP contribution in [0.15, 0.2) is 54.6 Å². The Kier molecular flexibility index (Phi) is 8.07. The van der Waals surface area contributed by atoms with E-state index >= 15 is 0 Å². The summed E-state index contributed by atoms with van der Waals surface area (Å²) in [6, 6.07) is 18.1. The van der Waals surface area contributed by atoms with Crippen LogP contribution in [0, 0.1) is 0 Å². The highest BCUT2D eigenvalue weighted by molar-refractivity contribution is 5.77. The predicted octanol–water partition coefficient (Wildman–Crippen LogP) is 3.59. The van der Waals surface area contributed by atoms with E-state index in [9.17, 15) is 4.79 Å². The standard InChI is InChI=1S/C23H29N3O3/c1-28-18-23(27)24-15-9-14-22-25-20-12-5-6-13-21(20)26(22)16-7-8-17-29-19-10-3-2-4-11-19/h2-6,10-13H,7-9,14-18H2,1H3,(H,24,27). The lowest BCUT2D eigenvalue weighted by Gasteiger charge is -2.10. The van der Waals surface area contributed by atoms with Crippen molar-refractivity contribution in [3.63, 3.8) is 0 Å². The molecule has 1 aromatic heterocycles. The van der Waals surface area contributed by atoms with Crippen molar-refractivity contribution >= 4 is 16.9 Å². The summed E-state index contributed by atoms with van der Waals surface area (Å²) in [5, 5.41) is 2.87. The lowest BCUT2D eigenvalue weighted by atomic mass is 10.2. The number of aryl methyl sites for hydroxylation is 2. The molecule has 0 aliphatic heterocycles. The highest BCUT2D eigenvalue weighted by Gasteiger charge is 2.10. The zero-order chi connectivity index (χ0) is 20.3. The normalized spacial score (nSPS) is 10.9. The van der Waals surface area contributed by atoms with E-state index in [0.29, 0.717) is 13.2 Å². The number of amides is 1. The van der Waals surface area contributed by atoms with Crippen LogP contribution in [0.25, 0.3) is 11.0 Å². The molecule has 2 aromatic carbocycles. The van der Waals surface area contributed by atoms with Crippen LogP contribution in [0.3, 0.4) is 0 Å². The number of fused-ring (bicyclic) bond motifs is 1. The van der Waals surface area contributed by atoms with Crippen molar-refractivity contribution in [3.05, 3.63) is 60.4 Å². The zero-order valence-corrected chi connectivity index (χ0v) is 17.0. The molecule has 3 aromatic rings. The first-order valence-corrected chi connectivity index (χ1v) is 10.2. The average Bonchev–Trinajstić information content (AvgIpc) is 3.09. The monoisotopic (exact) mass is 395 g/mol. The maximum absolute atomic E-state index is 11.5. The Morgan fingerprint density at radius 3 is 2.66 bits per heavy atom. The van der Waals surface area contributed by atoms with Gasteiger partial charge in [-0.05, 0) is 43.5 Å². The number of rotatable bonds is 12. The quantitative estimate of drug-likeness (QED) is 0.476. The maximum atomic E-state index is 11.5. The number of ether oxygens (including phenoxy) is 2. The van der Waals surface area contributed by atoms with E-state index in [0.717, 1.165) is 54.8 Å². The lowest BCUT2D eigenvalue weighted by molar-refractivity contribution is -0.124. The molecule has 0 aliphatic carbocycles. The van der Waals surface area contributed by atoms with Crippen molar-refractivity contribution in [1.82, 2.24) is 14.9 Å². The molecular formula is C23H29N3O3. The van der Waals surface area contributed by atoms with E-state index in [1.165, 1.54) is 7.11 Å². The van der Waals surface area contributed by atoms with Crippen molar-refractivity contribution in [2.45, 2.75) is 32.2 Å². The molecule has 154 valence electrons. The summed E-state index contributed by atoms with van der Waals surface area (Å²) in [7, 11) is 1.52. The van der Waals surface area contributed by atoms with Gasteiger partial charge in [-0.3, -0.25) is 4.79 Å². The molecule has 6 nitrogen and oxygen atoms in total. The predicted molar refractivity (Wildman–Crippen MR) is 114 cm³/mol. The molecule has 0 bridgehead atoms. The number of para-hydroxylation sites is 3. The summed E-state index contributed by atoms with van der Waals surface area (Å²) in [6.45, 7) is 2.33. The number of nitrogens with one attached hydrogen (secondary N) is 1. The van der Waals surface area contributed by atoms with E-state index in [-0.39, 0.29) is 12.5 Å². The Bertz CT molecular complexity index is 893. The van der Waals surface area contributed by atoms with Gasteiger partial charge in [-0.15, -0.1) is 0 Å². The highest BCUT2D eigenvalue weighted by Crippen LogP contribution is 2.18. The van der Waals surface area contributed by atoms with Crippen LogP contribution < -0.4 is 10.1 Å². The zero-order valence-electron chi connectivity index (χ0n) is 17.0. The van der Waals surface area contributed by atoms with Crippen LogP contribution in [-0.4, -0.2) is 42.3 Å². The molecule has 1 N–H and O–H groups in total. The molecule has 1 heterocycles. The Labute approximate surface area is 171 Å². The number of carbonyl (C=O) groups excluding carboxylic acids is 1. The fourth-order valence-corrected chi connectivity index (χ4v) is 3.30. The van der Waals surface area contributed by atoms with E-state index < -0.39 is 0 Å². The second kappa shape index (κ2) is 11.2. The minimum Gasteiger partial charge on any atom is -0.494 e. The van der Waals surface area contributed by atoms with Crippen LogP contribution in [0.5, 0.6) is 5.75 Å². The third kappa shape index (κ3) is 6.32. The van der Waals surface area contributed by atoms with Crippen LogP contribution in [0.4, 0.5) is 0 Å². The summed E-state index contributed by atoms with van der Waals surface area (Å²) in [4.78, 5) is 16.3. The number of hydrogen-bond acceptors (Lipinski definition) is 4. The minimum absolute atomic E-state index is 0.0839. The molecule has 0 unspecified atom stereocenters. The van der Waals surface area contributed by atoms with Crippen LogP contribution in [0.2, 0.25) is 0 Å². The van der Waals surface area contributed by atoms with Gasteiger partial charge in [-0.1, -0.05) is 30.3 Å². The maximum Gasteiger partial charge on any atom is 0.245 e. The van der Waals surface area contributed by atoms with Crippen LogP contribution in [-0.2, 0) is 22.5 Å². The fraction of sp³-hybridized carbons (Fsp3) is 0.391. The minimum atomic E-state index is -0.0839. The van der Waals surface area contributed by atoms with Gasteiger partial charge >= 0.3 is 0 Å². The van der Waals surface area contributed by atoms with E-state index in [1.54, 1.807) is 0 Å². The van der Waals surface area contributed by atoms with Gasteiger partial charge in [-0.25, -0.2) is 4.98 Å². The SMILES string of the molecule is COCC(=O)NCCCc1nc2ccccc2n1CCCCOc1ccccc1. The molecule has 0 radical (unpaired) electrons. The van der Waals surface area contributed by atoms with E-state index in [2.05, 4.69) is 16.0 Å². The molecule has 0 saturated heterocycles. The number of aromatic nitrogens is 2. The van der Waals surface area contributed by atoms with Gasteiger partial charge < -0.3 is 19.4 Å². The third-order valence-electron chi connectivity index (χ3n) is 4.70. The highest BCUT2D eigenvalue weighted by atomic mass is 16.5. The molecular weight excluding hydrogens is 366 g/mol. The van der Waals surface area contributed by atoms with Gasteiger partial charge in [0.05, 0.1) is 17.6 Å². The van der Waals surface area contributed by atoms with Crippen molar-refractivity contribution in [3.8, 4) is 5.75 Å². The molecule has 0 saturated carbocycles. The largest absolute Gasteiger partial charge is 0.494 e. The summed E-state index contributed by atoms with van der Waals surface area (Å²) in [5.41, 5.74) is 2.18. The molecule has 0 aliphatic rings. The Hall–Kier alpha value is -2.86. The molecule has 1 amide bonds. The van der Waals surface area contributed by atoms with E-state index in [4.69, 9.17) is 14.5 Å². The van der Waals surface area contributed by atoms with E-state index in [1.807, 2.05) is 48.5 Å². The number of imidazole rings is 1. The molecule has 6 heteroatoms. The second-order valence-electron chi connectivity index (χ2n) is 6.92. The van der Waals surface area contributed by atoms with Gasteiger partial charge in [0.1, 0.15) is 18.2 Å². The number of carbonyl (C=O) groups is 1. The molecule has 0 fully saturated rings. The number of benzene rings is 2. The van der Waals surface area contributed by atoms with Crippen LogP contribution >= 0.6 is 0 Å². The van der Waals surface area contributed by atoms with Gasteiger partial charge in [-0.2, -0.15) is 0 Å². The van der Waals surface area contributed by atoms with Gasteiger partial charge in [0, 0.05) is 26.6 Å². The number of nitrogens with zero attached hydrogens (tertiary/aromatic N) is 2. The first-order valence-electron chi connectivity index (χ1n) is 10.2. The Morgan fingerprint density at radius 1 is 1.03 bits per heavy atom. The van der Waals surface area contributed by atoms with Crippen molar-refractivity contribution in [2.24, 2.45) is 0 Å². The topological polar surface area (TPSA) is 65.4 Å². The summed E-state index contributed by atoms with van der Waals surface area (Å²) >= 11 is 0. The first kappa shape index (κ1) is 20.9. The fourth-order valence-electron chi connectivity index (χ4n) is 3.30. The smallest absolute Gasteiger partial charge is 0.245 e. The van der Waals surface area contributed by atoms with Crippen LogP contribution in [0.1, 0.15) is 25.1 Å².